The standard InChI is InChI=1S/C18H28N2O/c1-12(2)19-18(21)15-6-5-7-16(11-15)20-17-9-8-13(3)14(4)10-17/h5-7,11-14,17,20H,8-10H2,1-4H3,(H,19,21). The van der Waals surface area contributed by atoms with Gasteiger partial charge < -0.3 is 10.6 Å². The van der Waals surface area contributed by atoms with Crippen molar-refractivity contribution < 1.29 is 4.79 Å². The van der Waals surface area contributed by atoms with Gasteiger partial charge >= 0.3 is 0 Å². The molecule has 1 aliphatic rings. The molecule has 2 rings (SSSR count). The molecular weight excluding hydrogens is 260 g/mol. The van der Waals surface area contributed by atoms with E-state index >= 15 is 0 Å². The maximum absolute atomic E-state index is 12.1. The van der Waals surface area contributed by atoms with Gasteiger partial charge in [-0.05, 0) is 63.1 Å². The highest BCUT2D eigenvalue weighted by Crippen LogP contribution is 2.31. The first-order valence-electron chi connectivity index (χ1n) is 8.13. The van der Waals surface area contributed by atoms with Crippen LogP contribution in [0.4, 0.5) is 5.69 Å². The van der Waals surface area contributed by atoms with E-state index in [0.717, 1.165) is 23.1 Å². The Labute approximate surface area is 128 Å². The van der Waals surface area contributed by atoms with Crippen LogP contribution in [0.5, 0.6) is 0 Å². The van der Waals surface area contributed by atoms with Crippen LogP contribution in [0.25, 0.3) is 0 Å². The molecule has 0 aromatic heterocycles. The number of benzene rings is 1. The molecule has 2 N–H and O–H groups in total. The van der Waals surface area contributed by atoms with Gasteiger partial charge in [0.05, 0.1) is 0 Å². The SMILES string of the molecule is CC(C)NC(=O)c1cccc(NC2CCC(C)C(C)C2)c1. The third-order valence-corrected chi connectivity index (χ3v) is 4.51. The van der Waals surface area contributed by atoms with Crippen molar-refractivity contribution in [2.45, 2.75) is 59.0 Å². The van der Waals surface area contributed by atoms with Gasteiger partial charge in [0.2, 0.25) is 0 Å². The Hall–Kier alpha value is -1.51. The van der Waals surface area contributed by atoms with Crippen molar-refractivity contribution in [3.8, 4) is 0 Å². The summed E-state index contributed by atoms with van der Waals surface area (Å²) in [4.78, 5) is 12.1. The number of carbonyl (C=O) groups excluding carboxylic acids is 1. The van der Waals surface area contributed by atoms with E-state index in [1.54, 1.807) is 0 Å². The maximum Gasteiger partial charge on any atom is 0.251 e. The minimum Gasteiger partial charge on any atom is -0.382 e. The lowest BCUT2D eigenvalue weighted by atomic mass is 9.79. The average Bonchev–Trinajstić information content (AvgIpc) is 2.42. The molecule has 1 fully saturated rings. The number of hydrogen-bond donors (Lipinski definition) is 2. The van der Waals surface area contributed by atoms with E-state index in [2.05, 4.69) is 30.5 Å². The van der Waals surface area contributed by atoms with E-state index in [1.165, 1.54) is 19.3 Å². The van der Waals surface area contributed by atoms with Gasteiger partial charge in [-0.15, -0.1) is 0 Å². The summed E-state index contributed by atoms with van der Waals surface area (Å²) in [5.74, 6) is 1.59. The van der Waals surface area contributed by atoms with Gasteiger partial charge in [0.1, 0.15) is 0 Å². The fraction of sp³-hybridized carbons (Fsp3) is 0.611. The second-order valence-electron chi connectivity index (χ2n) is 6.82. The molecule has 0 heterocycles. The zero-order valence-electron chi connectivity index (χ0n) is 13.6. The molecule has 0 saturated heterocycles. The maximum atomic E-state index is 12.1. The summed E-state index contributed by atoms with van der Waals surface area (Å²) in [7, 11) is 0. The number of hydrogen-bond acceptors (Lipinski definition) is 2. The van der Waals surface area contributed by atoms with Crippen LogP contribution in [0.1, 0.15) is 57.3 Å². The summed E-state index contributed by atoms with van der Waals surface area (Å²) in [5.41, 5.74) is 1.78. The van der Waals surface area contributed by atoms with Crippen molar-refractivity contribution in [2.24, 2.45) is 11.8 Å². The molecule has 21 heavy (non-hydrogen) atoms. The molecule has 0 spiro atoms. The molecule has 1 aliphatic carbocycles. The quantitative estimate of drug-likeness (QED) is 0.877. The zero-order chi connectivity index (χ0) is 15.4. The Morgan fingerprint density at radius 2 is 1.95 bits per heavy atom. The predicted molar refractivity (Wildman–Crippen MR) is 88.6 cm³/mol. The second kappa shape index (κ2) is 6.97. The molecule has 1 saturated carbocycles. The second-order valence-corrected chi connectivity index (χ2v) is 6.82. The number of amides is 1. The third kappa shape index (κ3) is 4.48. The minimum absolute atomic E-state index is 0.000663. The van der Waals surface area contributed by atoms with E-state index in [-0.39, 0.29) is 11.9 Å². The number of anilines is 1. The molecule has 3 unspecified atom stereocenters. The fourth-order valence-electron chi connectivity index (χ4n) is 3.01. The highest BCUT2D eigenvalue weighted by Gasteiger charge is 2.24. The van der Waals surface area contributed by atoms with Crippen molar-refractivity contribution in [3.63, 3.8) is 0 Å². The zero-order valence-corrected chi connectivity index (χ0v) is 13.6. The first-order chi connectivity index (χ1) is 9.95. The average molecular weight is 288 g/mol. The van der Waals surface area contributed by atoms with Crippen LogP contribution in [0.15, 0.2) is 24.3 Å². The van der Waals surface area contributed by atoms with Gasteiger partial charge in [-0.25, -0.2) is 0 Å². The third-order valence-electron chi connectivity index (χ3n) is 4.51. The smallest absolute Gasteiger partial charge is 0.251 e. The van der Waals surface area contributed by atoms with E-state index in [9.17, 15) is 4.79 Å². The van der Waals surface area contributed by atoms with Gasteiger partial charge in [-0.2, -0.15) is 0 Å². The summed E-state index contributed by atoms with van der Waals surface area (Å²) >= 11 is 0. The van der Waals surface area contributed by atoms with E-state index in [4.69, 9.17) is 0 Å². The molecular formula is C18H28N2O. The lowest BCUT2D eigenvalue weighted by Gasteiger charge is -2.33. The van der Waals surface area contributed by atoms with Crippen molar-refractivity contribution in [1.82, 2.24) is 5.32 Å². The van der Waals surface area contributed by atoms with E-state index in [1.807, 2.05) is 32.0 Å². The van der Waals surface area contributed by atoms with E-state index in [0.29, 0.717) is 6.04 Å². The summed E-state index contributed by atoms with van der Waals surface area (Å²) in [6.45, 7) is 8.64. The van der Waals surface area contributed by atoms with Crippen LogP contribution >= 0.6 is 0 Å². The van der Waals surface area contributed by atoms with Crippen molar-refractivity contribution in [2.75, 3.05) is 5.32 Å². The molecule has 116 valence electrons. The topological polar surface area (TPSA) is 41.1 Å². The van der Waals surface area contributed by atoms with Gasteiger partial charge in [-0.3, -0.25) is 4.79 Å². The number of nitrogens with one attached hydrogen (secondary N) is 2. The normalized spacial score (nSPS) is 25.7. The van der Waals surface area contributed by atoms with Crippen molar-refractivity contribution >= 4 is 11.6 Å². The Kier molecular flexibility index (Phi) is 5.27. The lowest BCUT2D eigenvalue weighted by Crippen LogP contribution is -2.31. The largest absolute Gasteiger partial charge is 0.382 e. The van der Waals surface area contributed by atoms with Crippen LogP contribution < -0.4 is 10.6 Å². The van der Waals surface area contributed by atoms with Gasteiger partial charge in [-0.1, -0.05) is 19.9 Å². The van der Waals surface area contributed by atoms with Crippen LogP contribution in [0, 0.1) is 11.8 Å². The molecule has 3 heteroatoms. The van der Waals surface area contributed by atoms with Gasteiger partial charge in [0.25, 0.3) is 5.91 Å². The van der Waals surface area contributed by atoms with Crippen molar-refractivity contribution in [3.05, 3.63) is 29.8 Å². The first-order valence-corrected chi connectivity index (χ1v) is 8.13. The Bertz CT molecular complexity index is 484. The van der Waals surface area contributed by atoms with E-state index < -0.39 is 0 Å². The predicted octanol–water partition coefficient (Wildman–Crippen LogP) is 4.06. The molecule has 0 bridgehead atoms. The van der Waals surface area contributed by atoms with Crippen LogP contribution in [0.2, 0.25) is 0 Å². The molecule has 0 aliphatic heterocycles. The molecule has 0 radical (unpaired) electrons. The fourth-order valence-corrected chi connectivity index (χ4v) is 3.01. The van der Waals surface area contributed by atoms with Crippen molar-refractivity contribution in [1.29, 1.82) is 0 Å². The summed E-state index contributed by atoms with van der Waals surface area (Å²) in [6.07, 6.45) is 3.71. The van der Waals surface area contributed by atoms with Crippen LogP contribution in [-0.2, 0) is 0 Å². The highest BCUT2D eigenvalue weighted by molar-refractivity contribution is 5.95. The summed E-state index contributed by atoms with van der Waals surface area (Å²) in [6, 6.07) is 8.52. The molecule has 3 nitrogen and oxygen atoms in total. The molecule has 1 aromatic carbocycles. The van der Waals surface area contributed by atoms with Crippen LogP contribution in [0.3, 0.4) is 0 Å². The Morgan fingerprint density at radius 1 is 1.19 bits per heavy atom. The number of carbonyl (C=O) groups is 1. The number of rotatable bonds is 4. The lowest BCUT2D eigenvalue weighted by molar-refractivity contribution is 0.0943. The molecule has 3 atom stereocenters. The van der Waals surface area contributed by atoms with Gasteiger partial charge in [0.15, 0.2) is 0 Å². The first kappa shape index (κ1) is 15.9. The highest BCUT2D eigenvalue weighted by atomic mass is 16.1. The monoisotopic (exact) mass is 288 g/mol. The Morgan fingerprint density at radius 3 is 2.62 bits per heavy atom. The Balaban J connectivity index is 1.99. The van der Waals surface area contributed by atoms with Gasteiger partial charge in [0, 0.05) is 23.3 Å². The summed E-state index contributed by atoms with van der Waals surface area (Å²) < 4.78 is 0. The molecule has 1 aromatic rings. The van der Waals surface area contributed by atoms with Crippen LogP contribution in [-0.4, -0.2) is 18.0 Å². The summed E-state index contributed by atoms with van der Waals surface area (Å²) in [5, 5.41) is 6.54. The minimum atomic E-state index is -0.000663. The molecule has 1 amide bonds.